The maximum atomic E-state index is 15.3. The third kappa shape index (κ3) is 3.48. The average molecular weight is 418 g/mol. The number of carboxylic acids is 1. The first-order valence-electron chi connectivity index (χ1n) is 10.4. The minimum Gasteiger partial charge on any atom is -0.477 e. The molecule has 2 atom stereocenters. The molecular formula is C22H27FN2O5. The van der Waals surface area contributed by atoms with Gasteiger partial charge in [-0.05, 0) is 56.1 Å². The van der Waals surface area contributed by atoms with E-state index in [9.17, 15) is 24.9 Å². The van der Waals surface area contributed by atoms with Gasteiger partial charge in [-0.15, -0.1) is 0 Å². The van der Waals surface area contributed by atoms with E-state index in [-0.39, 0.29) is 42.0 Å². The molecule has 162 valence electrons. The number of rotatable bonds is 7. The Morgan fingerprint density at radius 1 is 1.17 bits per heavy atom. The summed E-state index contributed by atoms with van der Waals surface area (Å²) in [6, 6.07) is 1.29. The van der Waals surface area contributed by atoms with Crippen LogP contribution >= 0.6 is 0 Å². The van der Waals surface area contributed by atoms with Gasteiger partial charge < -0.3 is 24.8 Å². The van der Waals surface area contributed by atoms with Crippen molar-refractivity contribution in [2.45, 2.75) is 38.6 Å². The highest BCUT2D eigenvalue weighted by Gasteiger charge is 2.35. The van der Waals surface area contributed by atoms with E-state index in [4.69, 9.17) is 0 Å². The molecule has 4 rings (SSSR count). The smallest absolute Gasteiger partial charge is 0.341 e. The molecule has 8 heteroatoms. The first-order chi connectivity index (χ1) is 14.4. The van der Waals surface area contributed by atoms with Crippen LogP contribution in [0.25, 0.3) is 10.9 Å². The fourth-order valence-electron chi connectivity index (χ4n) is 4.96. The number of nitrogens with zero attached hydrogens (tertiary/aromatic N) is 2. The second kappa shape index (κ2) is 8.00. The molecule has 1 aliphatic heterocycles. The Kier molecular flexibility index (Phi) is 5.55. The zero-order valence-corrected chi connectivity index (χ0v) is 17.0. The van der Waals surface area contributed by atoms with Gasteiger partial charge in [-0.1, -0.05) is 0 Å². The summed E-state index contributed by atoms with van der Waals surface area (Å²) >= 11 is 0. The number of hydrogen-bond acceptors (Lipinski definition) is 5. The van der Waals surface area contributed by atoms with E-state index in [2.05, 4.69) is 0 Å². The Bertz CT molecular complexity index is 1030. The van der Waals surface area contributed by atoms with Gasteiger partial charge in [0.25, 0.3) is 0 Å². The highest BCUT2D eigenvalue weighted by molar-refractivity contribution is 5.95. The minimum absolute atomic E-state index is 0.0405. The molecule has 0 amide bonds. The summed E-state index contributed by atoms with van der Waals surface area (Å²) in [7, 11) is 0. The first kappa shape index (κ1) is 20.8. The van der Waals surface area contributed by atoms with Crippen molar-refractivity contribution in [3.63, 3.8) is 0 Å². The molecule has 2 heterocycles. The van der Waals surface area contributed by atoms with Crippen LogP contribution in [0.15, 0.2) is 17.1 Å². The Hall–Kier alpha value is -2.45. The molecule has 1 aromatic carbocycles. The van der Waals surface area contributed by atoms with Crippen molar-refractivity contribution in [2.75, 3.05) is 31.2 Å². The summed E-state index contributed by atoms with van der Waals surface area (Å²) in [5, 5.41) is 28.3. The van der Waals surface area contributed by atoms with E-state index in [0.717, 1.165) is 12.8 Å². The number of hydrogen-bond donors (Lipinski definition) is 3. The maximum absolute atomic E-state index is 15.3. The highest BCUT2D eigenvalue weighted by atomic mass is 19.1. The number of carboxylic acid groups (broad SMARTS) is 1. The van der Waals surface area contributed by atoms with Gasteiger partial charge >= 0.3 is 5.97 Å². The number of aromatic carboxylic acids is 1. The number of aryl methyl sites for hydroxylation is 1. The zero-order valence-electron chi connectivity index (χ0n) is 17.0. The molecule has 0 bridgehead atoms. The number of fused-ring (bicyclic) bond motifs is 1. The first-order valence-corrected chi connectivity index (χ1v) is 10.4. The summed E-state index contributed by atoms with van der Waals surface area (Å²) in [5.74, 6) is -1.56. The topological polar surface area (TPSA) is 103 Å². The van der Waals surface area contributed by atoms with E-state index in [0.29, 0.717) is 42.7 Å². The van der Waals surface area contributed by atoms with Crippen molar-refractivity contribution in [3.05, 3.63) is 39.4 Å². The van der Waals surface area contributed by atoms with Crippen LogP contribution in [-0.2, 0) is 0 Å². The van der Waals surface area contributed by atoms with Gasteiger partial charge in [0.1, 0.15) is 11.4 Å². The van der Waals surface area contributed by atoms with E-state index >= 15 is 4.39 Å². The zero-order chi connectivity index (χ0) is 21.6. The number of aromatic nitrogens is 1. The molecule has 1 aliphatic carbocycles. The van der Waals surface area contributed by atoms with E-state index in [1.165, 1.54) is 12.3 Å². The third-order valence-corrected chi connectivity index (χ3v) is 6.54. The van der Waals surface area contributed by atoms with Crippen LogP contribution in [0.1, 0.15) is 47.6 Å². The van der Waals surface area contributed by atoms with Crippen molar-refractivity contribution in [1.29, 1.82) is 0 Å². The molecule has 2 fully saturated rings. The van der Waals surface area contributed by atoms with E-state index in [1.54, 1.807) is 6.92 Å². The molecule has 7 nitrogen and oxygen atoms in total. The fraction of sp³-hybridized carbons (Fsp3) is 0.545. The summed E-state index contributed by atoms with van der Waals surface area (Å²) in [5.41, 5.74) is 0.628. The lowest BCUT2D eigenvalue weighted by Crippen LogP contribution is -2.25. The van der Waals surface area contributed by atoms with Crippen molar-refractivity contribution in [1.82, 2.24) is 4.57 Å². The average Bonchev–Trinajstić information content (AvgIpc) is 3.46. The van der Waals surface area contributed by atoms with Crippen LogP contribution in [0.4, 0.5) is 10.1 Å². The third-order valence-electron chi connectivity index (χ3n) is 6.54. The number of anilines is 1. The molecular weight excluding hydrogens is 391 g/mol. The maximum Gasteiger partial charge on any atom is 0.341 e. The highest BCUT2D eigenvalue weighted by Crippen LogP contribution is 2.41. The Labute approximate surface area is 173 Å². The summed E-state index contributed by atoms with van der Waals surface area (Å²) < 4.78 is 17.1. The number of aliphatic hydroxyl groups is 2. The molecule has 30 heavy (non-hydrogen) atoms. The van der Waals surface area contributed by atoms with E-state index in [1.807, 2.05) is 9.47 Å². The van der Waals surface area contributed by atoms with Crippen LogP contribution in [0, 0.1) is 24.6 Å². The van der Waals surface area contributed by atoms with Gasteiger partial charge in [0, 0.05) is 43.9 Å². The molecule has 2 aliphatic rings. The molecule has 0 spiro atoms. The number of benzene rings is 1. The van der Waals surface area contributed by atoms with Crippen LogP contribution in [-0.4, -0.2) is 52.2 Å². The van der Waals surface area contributed by atoms with Crippen LogP contribution < -0.4 is 10.3 Å². The van der Waals surface area contributed by atoms with Gasteiger partial charge in [-0.2, -0.15) is 0 Å². The summed E-state index contributed by atoms with van der Waals surface area (Å²) in [6.07, 6.45) is 4.36. The number of pyridine rings is 1. The van der Waals surface area contributed by atoms with Gasteiger partial charge in [-0.3, -0.25) is 4.79 Å². The summed E-state index contributed by atoms with van der Waals surface area (Å²) in [4.78, 5) is 26.2. The van der Waals surface area contributed by atoms with E-state index < -0.39 is 17.2 Å². The van der Waals surface area contributed by atoms with Crippen molar-refractivity contribution >= 4 is 22.6 Å². The molecule has 1 saturated heterocycles. The summed E-state index contributed by atoms with van der Waals surface area (Å²) in [6.45, 7) is 2.99. The number of carbonyl (C=O) groups is 1. The Balaban J connectivity index is 1.86. The Morgan fingerprint density at radius 3 is 2.27 bits per heavy atom. The second-order valence-electron chi connectivity index (χ2n) is 8.49. The predicted octanol–water partition coefficient (Wildman–Crippen LogP) is 2.30. The SMILES string of the molecule is Cc1c(N2C[C@@H](CCO)[C@@H](CCO)C2)c(F)cc2c(=O)c(C(=O)O)cn(C3CC3)c12. The standard InChI is InChI=1S/C22H27FN2O5/c1-12-19-16(21(28)17(22(29)30)11-25(19)15-2-3-15)8-18(23)20(12)24-9-13(4-6-26)14(10-24)5-7-27/h8,11,13-15,26-27H,2-7,9-10H2,1H3,(H,29,30)/t13-,14+. The van der Waals surface area contributed by atoms with Crippen LogP contribution in [0.2, 0.25) is 0 Å². The van der Waals surface area contributed by atoms with Gasteiger partial charge in [0.15, 0.2) is 0 Å². The molecule has 0 unspecified atom stereocenters. The Morgan fingerprint density at radius 2 is 1.77 bits per heavy atom. The lowest BCUT2D eigenvalue weighted by atomic mass is 9.91. The number of halogens is 1. The minimum atomic E-state index is -1.31. The van der Waals surface area contributed by atoms with Crippen LogP contribution in [0.3, 0.4) is 0 Å². The normalized spacial score (nSPS) is 21.5. The second-order valence-corrected chi connectivity index (χ2v) is 8.49. The van der Waals surface area contributed by atoms with Crippen molar-refractivity contribution in [2.24, 2.45) is 11.8 Å². The van der Waals surface area contributed by atoms with Crippen molar-refractivity contribution < 1.29 is 24.5 Å². The predicted molar refractivity (Wildman–Crippen MR) is 111 cm³/mol. The van der Waals surface area contributed by atoms with Crippen molar-refractivity contribution in [3.8, 4) is 0 Å². The van der Waals surface area contributed by atoms with Gasteiger partial charge in [0.05, 0.1) is 11.2 Å². The molecule has 3 N–H and O–H groups in total. The quantitative estimate of drug-likeness (QED) is 0.638. The van der Waals surface area contributed by atoms with Gasteiger partial charge in [0.2, 0.25) is 5.43 Å². The lowest BCUT2D eigenvalue weighted by molar-refractivity contribution is 0.0694. The number of aliphatic hydroxyl groups excluding tert-OH is 2. The fourth-order valence-corrected chi connectivity index (χ4v) is 4.96. The van der Waals surface area contributed by atoms with Gasteiger partial charge in [-0.25, -0.2) is 9.18 Å². The molecule has 1 saturated carbocycles. The lowest BCUT2D eigenvalue weighted by Gasteiger charge is -2.24. The molecule has 0 radical (unpaired) electrons. The molecule has 1 aromatic heterocycles. The molecule has 2 aromatic rings. The van der Waals surface area contributed by atoms with Crippen LogP contribution in [0.5, 0.6) is 0 Å². The largest absolute Gasteiger partial charge is 0.477 e. The monoisotopic (exact) mass is 418 g/mol.